The number of amides is 1. The zero-order valence-corrected chi connectivity index (χ0v) is 22.6. The molecular weight excluding hydrogens is 442 g/mol. The van der Waals surface area contributed by atoms with Gasteiger partial charge in [-0.25, -0.2) is 4.98 Å². The van der Waals surface area contributed by atoms with E-state index in [2.05, 4.69) is 66.9 Å². The van der Waals surface area contributed by atoms with Crippen LogP contribution in [0.2, 0.25) is 0 Å². The van der Waals surface area contributed by atoms with Gasteiger partial charge >= 0.3 is 0 Å². The Morgan fingerprint density at radius 1 is 0.806 bits per heavy atom. The Kier molecular flexibility index (Phi) is 10.0. The standard InChI is InChI=1S/C32H45N3O/c1-3-5-7-8-9-10-11-12-15-23-34-30-18-14-13-17-29(30)33-32(34)27-24-31(36)35(25-27)28-21-19-26(20-22-28)16-6-4-2/h13-14,17-22,27H,3-12,15-16,23-25H2,1-2H3. The number of hydrogen-bond donors (Lipinski definition) is 0. The monoisotopic (exact) mass is 487 g/mol. The van der Waals surface area contributed by atoms with E-state index in [1.807, 2.05) is 4.90 Å². The topological polar surface area (TPSA) is 38.1 Å². The van der Waals surface area contributed by atoms with Crippen molar-refractivity contribution < 1.29 is 4.79 Å². The largest absolute Gasteiger partial charge is 0.328 e. The van der Waals surface area contributed by atoms with Crippen LogP contribution in [-0.4, -0.2) is 22.0 Å². The van der Waals surface area contributed by atoms with Gasteiger partial charge in [0, 0.05) is 31.1 Å². The molecular formula is C32H45N3O. The number of unbranched alkanes of at least 4 members (excludes halogenated alkanes) is 9. The van der Waals surface area contributed by atoms with Crippen molar-refractivity contribution >= 4 is 22.6 Å². The van der Waals surface area contributed by atoms with Crippen molar-refractivity contribution in [2.75, 3.05) is 11.4 Å². The SMILES string of the molecule is CCCCCCCCCCCn1c(C2CC(=O)N(c3ccc(CCCC)cc3)C2)nc2ccccc21. The third-order valence-electron chi connectivity index (χ3n) is 7.73. The van der Waals surface area contributed by atoms with Crippen molar-refractivity contribution in [3.8, 4) is 0 Å². The molecule has 0 radical (unpaired) electrons. The maximum absolute atomic E-state index is 13.1. The van der Waals surface area contributed by atoms with Gasteiger partial charge in [0.25, 0.3) is 0 Å². The summed E-state index contributed by atoms with van der Waals surface area (Å²) in [6.45, 7) is 6.20. The maximum atomic E-state index is 13.1. The van der Waals surface area contributed by atoms with Crippen LogP contribution in [0.5, 0.6) is 0 Å². The van der Waals surface area contributed by atoms with Crippen LogP contribution < -0.4 is 4.90 Å². The molecule has 4 nitrogen and oxygen atoms in total. The van der Waals surface area contributed by atoms with E-state index in [1.54, 1.807) is 0 Å². The number of aryl methyl sites for hydroxylation is 2. The minimum absolute atomic E-state index is 0.142. The quantitative estimate of drug-likeness (QED) is 0.202. The van der Waals surface area contributed by atoms with Crippen LogP contribution in [0.15, 0.2) is 48.5 Å². The van der Waals surface area contributed by atoms with E-state index in [9.17, 15) is 4.79 Å². The highest BCUT2D eigenvalue weighted by Gasteiger charge is 2.34. The average molecular weight is 488 g/mol. The lowest BCUT2D eigenvalue weighted by Gasteiger charge is -2.18. The molecule has 0 aliphatic carbocycles. The van der Waals surface area contributed by atoms with Crippen molar-refractivity contribution in [1.82, 2.24) is 9.55 Å². The van der Waals surface area contributed by atoms with Crippen LogP contribution in [0.25, 0.3) is 11.0 Å². The molecule has 1 aliphatic rings. The first-order chi connectivity index (χ1) is 17.7. The van der Waals surface area contributed by atoms with E-state index in [4.69, 9.17) is 4.98 Å². The molecule has 1 aromatic heterocycles. The summed E-state index contributed by atoms with van der Waals surface area (Å²) >= 11 is 0. The summed E-state index contributed by atoms with van der Waals surface area (Å²) in [6.07, 6.45) is 16.0. The number of nitrogens with zero attached hydrogens (tertiary/aromatic N) is 3. The van der Waals surface area contributed by atoms with E-state index >= 15 is 0 Å². The van der Waals surface area contributed by atoms with E-state index in [-0.39, 0.29) is 11.8 Å². The van der Waals surface area contributed by atoms with Crippen LogP contribution >= 0.6 is 0 Å². The highest BCUT2D eigenvalue weighted by Crippen LogP contribution is 2.33. The number of benzene rings is 2. The van der Waals surface area contributed by atoms with Gasteiger partial charge in [0.1, 0.15) is 5.82 Å². The zero-order valence-electron chi connectivity index (χ0n) is 22.6. The fourth-order valence-electron chi connectivity index (χ4n) is 5.57. The lowest BCUT2D eigenvalue weighted by Crippen LogP contribution is -2.24. The molecule has 3 aromatic rings. The average Bonchev–Trinajstić information content (AvgIpc) is 3.47. The van der Waals surface area contributed by atoms with E-state index < -0.39 is 0 Å². The summed E-state index contributed by atoms with van der Waals surface area (Å²) in [7, 11) is 0. The molecule has 0 bridgehead atoms. The van der Waals surface area contributed by atoms with E-state index in [0.717, 1.165) is 30.0 Å². The highest BCUT2D eigenvalue weighted by atomic mass is 16.2. The first-order valence-electron chi connectivity index (χ1n) is 14.6. The minimum atomic E-state index is 0.142. The molecule has 1 amide bonds. The van der Waals surface area contributed by atoms with E-state index in [1.165, 1.54) is 81.7 Å². The Balaban J connectivity index is 1.39. The summed E-state index contributed by atoms with van der Waals surface area (Å²) in [4.78, 5) is 20.1. The van der Waals surface area contributed by atoms with Gasteiger partial charge in [-0.3, -0.25) is 4.79 Å². The number of fused-ring (bicyclic) bond motifs is 1. The van der Waals surface area contributed by atoms with Gasteiger partial charge in [-0.05, 0) is 49.1 Å². The van der Waals surface area contributed by atoms with Crippen molar-refractivity contribution in [2.24, 2.45) is 0 Å². The Morgan fingerprint density at radius 3 is 2.19 bits per heavy atom. The van der Waals surface area contributed by atoms with Crippen LogP contribution in [0.4, 0.5) is 5.69 Å². The first-order valence-corrected chi connectivity index (χ1v) is 14.6. The van der Waals surface area contributed by atoms with Crippen molar-refractivity contribution in [3.63, 3.8) is 0 Å². The number of imidazole rings is 1. The fourth-order valence-corrected chi connectivity index (χ4v) is 5.57. The molecule has 1 atom stereocenters. The van der Waals surface area contributed by atoms with Crippen LogP contribution in [-0.2, 0) is 17.8 Å². The minimum Gasteiger partial charge on any atom is -0.328 e. The van der Waals surface area contributed by atoms with Crippen LogP contribution in [0.1, 0.15) is 108 Å². The Labute approximate surface area is 218 Å². The summed E-state index contributed by atoms with van der Waals surface area (Å²) in [6, 6.07) is 17.1. The number of hydrogen-bond acceptors (Lipinski definition) is 2. The number of para-hydroxylation sites is 2. The second-order valence-electron chi connectivity index (χ2n) is 10.6. The lowest BCUT2D eigenvalue weighted by atomic mass is 10.1. The predicted molar refractivity (Wildman–Crippen MR) is 152 cm³/mol. The second kappa shape index (κ2) is 13.6. The van der Waals surface area contributed by atoms with Crippen molar-refractivity contribution in [3.05, 3.63) is 59.9 Å². The van der Waals surface area contributed by atoms with E-state index in [0.29, 0.717) is 13.0 Å². The molecule has 0 saturated carbocycles. The Bertz CT molecular complexity index is 1080. The van der Waals surface area contributed by atoms with Crippen molar-refractivity contribution in [1.29, 1.82) is 0 Å². The van der Waals surface area contributed by atoms with Crippen LogP contribution in [0.3, 0.4) is 0 Å². The van der Waals surface area contributed by atoms with Crippen molar-refractivity contribution in [2.45, 2.75) is 110 Å². The van der Waals surface area contributed by atoms with Crippen LogP contribution in [0, 0.1) is 0 Å². The fraction of sp³-hybridized carbons (Fsp3) is 0.562. The number of aromatic nitrogens is 2. The predicted octanol–water partition coefficient (Wildman–Crippen LogP) is 8.43. The van der Waals surface area contributed by atoms with Gasteiger partial charge in [-0.1, -0.05) is 95.9 Å². The van der Waals surface area contributed by atoms with Gasteiger partial charge in [0.2, 0.25) is 5.91 Å². The van der Waals surface area contributed by atoms with Gasteiger partial charge in [0.05, 0.1) is 11.0 Å². The number of carbonyl (C=O) groups excluding carboxylic acids is 1. The first kappa shape index (κ1) is 26.4. The summed E-state index contributed by atoms with van der Waals surface area (Å²) < 4.78 is 2.41. The molecule has 2 aromatic carbocycles. The molecule has 0 N–H and O–H groups in total. The van der Waals surface area contributed by atoms with Gasteiger partial charge < -0.3 is 9.47 Å². The van der Waals surface area contributed by atoms with Gasteiger partial charge in [-0.15, -0.1) is 0 Å². The summed E-state index contributed by atoms with van der Waals surface area (Å²) in [5.74, 6) is 1.44. The molecule has 1 fully saturated rings. The third-order valence-corrected chi connectivity index (χ3v) is 7.73. The summed E-state index contributed by atoms with van der Waals surface area (Å²) in [5, 5.41) is 0. The zero-order chi connectivity index (χ0) is 25.2. The molecule has 0 spiro atoms. The normalized spacial score (nSPS) is 15.9. The molecule has 194 valence electrons. The molecule has 4 heteroatoms. The smallest absolute Gasteiger partial charge is 0.227 e. The third kappa shape index (κ3) is 6.78. The number of rotatable bonds is 15. The molecule has 36 heavy (non-hydrogen) atoms. The molecule has 1 saturated heterocycles. The lowest BCUT2D eigenvalue weighted by molar-refractivity contribution is -0.117. The maximum Gasteiger partial charge on any atom is 0.227 e. The number of carbonyl (C=O) groups is 1. The molecule has 1 unspecified atom stereocenters. The second-order valence-corrected chi connectivity index (χ2v) is 10.6. The van der Waals surface area contributed by atoms with Gasteiger partial charge in [-0.2, -0.15) is 0 Å². The molecule has 1 aliphatic heterocycles. The highest BCUT2D eigenvalue weighted by molar-refractivity contribution is 5.96. The number of anilines is 1. The Morgan fingerprint density at radius 2 is 1.47 bits per heavy atom. The molecule has 4 rings (SSSR count). The summed E-state index contributed by atoms with van der Waals surface area (Å²) in [5.41, 5.74) is 4.63. The molecule has 2 heterocycles. The Hall–Kier alpha value is -2.62. The van der Waals surface area contributed by atoms with Gasteiger partial charge in [0.15, 0.2) is 0 Å².